The van der Waals surface area contributed by atoms with Crippen LogP contribution >= 0.6 is 0 Å². The number of aryl methyl sites for hydroxylation is 1. The van der Waals surface area contributed by atoms with Crippen LogP contribution in [0.1, 0.15) is 15.9 Å². The van der Waals surface area contributed by atoms with Gasteiger partial charge in [0.25, 0.3) is 11.5 Å². The Bertz CT molecular complexity index is 1590. The first-order valence-electron chi connectivity index (χ1n) is 13.0. The highest BCUT2D eigenvalue weighted by Gasteiger charge is 2.19. The second-order valence-corrected chi connectivity index (χ2v) is 10.1. The van der Waals surface area contributed by atoms with Crippen molar-refractivity contribution in [2.24, 2.45) is 0 Å². The number of nitrogens with zero attached hydrogens (tertiary/aromatic N) is 7. The number of carbonyl (C=O) groups excluding carboxylic acids is 1. The molecule has 39 heavy (non-hydrogen) atoms. The van der Waals surface area contributed by atoms with E-state index in [1.54, 1.807) is 53.9 Å². The molecule has 202 valence electrons. The Morgan fingerprint density at radius 1 is 1.13 bits per heavy atom. The van der Waals surface area contributed by atoms with Crippen LogP contribution in [0.15, 0.2) is 66.1 Å². The van der Waals surface area contributed by atoms with E-state index in [0.717, 1.165) is 31.9 Å². The van der Waals surface area contributed by atoms with E-state index in [2.05, 4.69) is 52.8 Å². The van der Waals surface area contributed by atoms with E-state index >= 15 is 0 Å². The van der Waals surface area contributed by atoms with E-state index in [9.17, 15) is 9.59 Å². The van der Waals surface area contributed by atoms with Crippen molar-refractivity contribution in [1.29, 1.82) is 0 Å². The van der Waals surface area contributed by atoms with Crippen molar-refractivity contribution in [3.63, 3.8) is 0 Å². The highest BCUT2D eigenvalue weighted by molar-refractivity contribution is 5.94. The first kappa shape index (κ1) is 26.2. The summed E-state index contributed by atoms with van der Waals surface area (Å²) in [7, 11) is 5.57. The zero-order valence-corrected chi connectivity index (χ0v) is 22.9. The third-order valence-electron chi connectivity index (χ3n) is 7.02. The van der Waals surface area contributed by atoms with Crippen molar-refractivity contribution < 1.29 is 4.79 Å². The number of hydrogen-bond donors (Lipinski definition) is 1. The standard InChI is InChI=1S/C29H34N8O2/c1-6-12-36-28(39)24-19-30-29(31-22-10-11-25(20(2)17-22)35-15-13-34(5)14-16-35)32-26(24)37(36)23-9-7-8-21(18-23)27(38)33(3)4/h6-11,17-19H,1,12-16H2,2-5H3,(H,30,31,32). The summed E-state index contributed by atoms with van der Waals surface area (Å²) in [4.78, 5) is 41.4. The van der Waals surface area contributed by atoms with Crippen LogP contribution < -0.4 is 15.8 Å². The maximum Gasteiger partial charge on any atom is 0.278 e. The van der Waals surface area contributed by atoms with Gasteiger partial charge in [0.15, 0.2) is 5.65 Å². The van der Waals surface area contributed by atoms with Crippen molar-refractivity contribution in [2.45, 2.75) is 13.5 Å². The molecule has 1 aliphatic heterocycles. The lowest BCUT2D eigenvalue weighted by Gasteiger charge is -2.35. The van der Waals surface area contributed by atoms with Crippen molar-refractivity contribution in [3.05, 3.63) is 82.8 Å². The van der Waals surface area contributed by atoms with Crippen LogP contribution in [0.3, 0.4) is 0 Å². The summed E-state index contributed by atoms with van der Waals surface area (Å²) in [5, 5.41) is 3.69. The molecule has 0 bridgehead atoms. The first-order chi connectivity index (χ1) is 18.8. The van der Waals surface area contributed by atoms with Crippen molar-refractivity contribution >= 4 is 34.3 Å². The zero-order valence-electron chi connectivity index (χ0n) is 22.9. The number of allylic oxidation sites excluding steroid dienone is 1. The fourth-order valence-electron chi connectivity index (χ4n) is 4.93. The van der Waals surface area contributed by atoms with Crippen LogP contribution in [0.2, 0.25) is 0 Å². The van der Waals surface area contributed by atoms with E-state index in [1.165, 1.54) is 16.2 Å². The average molecular weight is 527 g/mol. The van der Waals surface area contributed by atoms with Crippen molar-refractivity contribution in [3.8, 4) is 5.69 Å². The molecule has 1 N–H and O–H groups in total. The number of piperazine rings is 1. The Kier molecular flexibility index (Phi) is 7.21. The number of amides is 1. The predicted octanol–water partition coefficient (Wildman–Crippen LogP) is 3.27. The number of fused-ring (bicyclic) bond motifs is 1. The number of aromatic nitrogens is 4. The van der Waals surface area contributed by atoms with E-state index in [4.69, 9.17) is 4.98 Å². The molecule has 1 aliphatic rings. The number of nitrogens with one attached hydrogen (secondary N) is 1. The number of anilines is 3. The minimum absolute atomic E-state index is 0.127. The van der Waals surface area contributed by atoms with Crippen LogP contribution in [0.25, 0.3) is 16.7 Å². The Labute approximate surface area is 227 Å². The van der Waals surface area contributed by atoms with Gasteiger partial charge in [0, 0.05) is 63.4 Å². The van der Waals surface area contributed by atoms with E-state index in [0.29, 0.717) is 28.2 Å². The minimum Gasteiger partial charge on any atom is -0.369 e. The van der Waals surface area contributed by atoms with Crippen LogP contribution in [-0.4, -0.2) is 82.4 Å². The molecule has 2 aromatic carbocycles. The topological polar surface area (TPSA) is 91.5 Å². The zero-order chi connectivity index (χ0) is 27.7. The van der Waals surface area contributed by atoms with Gasteiger partial charge >= 0.3 is 0 Å². The number of likely N-dealkylation sites (N-methyl/N-ethyl adjacent to an activating group) is 1. The third-order valence-corrected chi connectivity index (χ3v) is 7.02. The molecule has 4 aromatic rings. The summed E-state index contributed by atoms with van der Waals surface area (Å²) in [6.45, 7) is 10.3. The SMILES string of the molecule is C=CCn1c(=O)c2cnc(Nc3ccc(N4CCN(C)CC4)c(C)c3)nc2n1-c1cccc(C(=O)N(C)C)c1. The molecule has 1 amide bonds. The summed E-state index contributed by atoms with van der Waals surface area (Å²) in [6.07, 6.45) is 3.20. The lowest BCUT2D eigenvalue weighted by Crippen LogP contribution is -2.44. The average Bonchev–Trinajstić information content (AvgIpc) is 3.20. The molecule has 0 radical (unpaired) electrons. The molecule has 0 aliphatic carbocycles. The maximum atomic E-state index is 13.3. The van der Waals surface area contributed by atoms with Crippen LogP contribution in [0.5, 0.6) is 0 Å². The van der Waals surface area contributed by atoms with Gasteiger partial charge in [0.2, 0.25) is 5.95 Å². The summed E-state index contributed by atoms with van der Waals surface area (Å²) < 4.78 is 3.27. The highest BCUT2D eigenvalue weighted by Crippen LogP contribution is 2.26. The van der Waals surface area contributed by atoms with Gasteiger partial charge in [-0.2, -0.15) is 4.98 Å². The number of carbonyl (C=O) groups is 1. The smallest absolute Gasteiger partial charge is 0.278 e. The number of benzene rings is 2. The monoisotopic (exact) mass is 526 g/mol. The van der Waals surface area contributed by atoms with E-state index in [-0.39, 0.29) is 18.0 Å². The third kappa shape index (κ3) is 5.15. The molecule has 0 spiro atoms. The Morgan fingerprint density at radius 2 is 1.90 bits per heavy atom. The Balaban J connectivity index is 1.52. The fraction of sp³-hybridized carbons (Fsp3) is 0.310. The van der Waals surface area contributed by atoms with Crippen LogP contribution in [-0.2, 0) is 6.54 Å². The lowest BCUT2D eigenvalue weighted by molar-refractivity contribution is 0.0827. The fourth-order valence-corrected chi connectivity index (χ4v) is 4.93. The van der Waals surface area contributed by atoms with Gasteiger partial charge in [0.1, 0.15) is 5.39 Å². The van der Waals surface area contributed by atoms with Crippen molar-refractivity contribution in [2.75, 3.05) is 57.5 Å². The Hall–Kier alpha value is -4.44. The molecule has 10 nitrogen and oxygen atoms in total. The van der Waals surface area contributed by atoms with Crippen LogP contribution in [0, 0.1) is 6.92 Å². The molecule has 1 saturated heterocycles. The normalized spacial score (nSPS) is 14.0. The molecule has 0 atom stereocenters. The largest absolute Gasteiger partial charge is 0.369 e. The second-order valence-electron chi connectivity index (χ2n) is 10.1. The van der Waals surface area contributed by atoms with Gasteiger partial charge in [0.05, 0.1) is 12.2 Å². The van der Waals surface area contributed by atoms with Gasteiger partial charge in [-0.15, -0.1) is 6.58 Å². The summed E-state index contributed by atoms with van der Waals surface area (Å²) in [6, 6.07) is 13.4. The quantitative estimate of drug-likeness (QED) is 0.370. The number of hydrogen-bond acceptors (Lipinski definition) is 7. The summed E-state index contributed by atoms with van der Waals surface area (Å²) in [5.41, 5.74) is 4.64. The second kappa shape index (κ2) is 10.7. The summed E-state index contributed by atoms with van der Waals surface area (Å²) >= 11 is 0. The molecule has 5 rings (SSSR count). The van der Waals surface area contributed by atoms with E-state index in [1.807, 2.05) is 12.1 Å². The minimum atomic E-state index is -0.229. The molecular formula is C29H34N8O2. The van der Waals surface area contributed by atoms with Gasteiger partial charge in [-0.25, -0.2) is 14.3 Å². The van der Waals surface area contributed by atoms with Gasteiger partial charge in [-0.3, -0.25) is 9.59 Å². The highest BCUT2D eigenvalue weighted by atomic mass is 16.2. The van der Waals surface area contributed by atoms with Gasteiger partial charge in [-0.05, 0) is 55.9 Å². The molecule has 10 heteroatoms. The lowest BCUT2D eigenvalue weighted by atomic mass is 10.1. The predicted molar refractivity (Wildman–Crippen MR) is 156 cm³/mol. The maximum absolute atomic E-state index is 13.3. The molecule has 2 aromatic heterocycles. The molecule has 3 heterocycles. The molecular weight excluding hydrogens is 492 g/mol. The first-order valence-corrected chi connectivity index (χ1v) is 13.0. The number of rotatable bonds is 7. The van der Waals surface area contributed by atoms with Crippen LogP contribution in [0.4, 0.5) is 17.3 Å². The van der Waals surface area contributed by atoms with E-state index < -0.39 is 0 Å². The molecule has 0 unspecified atom stereocenters. The molecule has 1 fully saturated rings. The summed E-state index contributed by atoms with van der Waals surface area (Å²) in [5.74, 6) is 0.248. The Morgan fingerprint density at radius 3 is 2.59 bits per heavy atom. The van der Waals surface area contributed by atoms with Crippen molar-refractivity contribution in [1.82, 2.24) is 29.1 Å². The van der Waals surface area contributed by atoms with Gasteiger partial charge in [-0.1, -0.05) is 12.1 Å². The molecule has 0 saturated carbocycles. The van der Waals surface area contributed by atoms with Gasteiger partial charge < -0.3 is 20.0 Å².